The maximum Gasteiger partial charge on any atom is 0.164 e. The normalized spacial score (nSPS) is 12.9. The standard InChI is InChI=1S/C39H24N4O/c1-3-12-25(13-4-1)37-40-38(26-14-5-2-6-15-26)42-39(41-37)31-18-11-21-34-36(31)30-23-22-27(24-35(30)44-34)43-32-19-9-7-16-28(32)29-17-8-10-20-33(29)43/h1-24H/i7D,8D,19D,20D. The molecule has 5 nitrogen and oxygen atoms in total. The quantitative estimate of drug-likeness (QED) is 0.212. The van der Waals surface area contributed by atoms with Gasteiger partial charge >= 0.3 is 0 Å². The van der Waals surface area contributed by atoms with Gasteiger partial charge in [0.25, 0.3) is 0 Å². The number of benzene rings is 6. The van der Waals surface area contributed by atoms with Crippen molar-refractivity contribution in [1.29, 1.82) is 0 Å². The Morgan fingerprint density at radius 3 is 1.77 bits per heavy atom. The average molecular weight is 569 g/mol. The van der Waals surface area contributed by atoms with Gasteiger partial charge in [0.05, 0.1) is 16.5 Å². The maximum atomic E-state index is 8.79. The van der Waals surface area contributed by atoms with Gasteiger partial charge in [-0.05, 0) is 30.3 Å². The second kappa shape index (κ2) is 9.75. The summed E-state index contributed by atoms with van der Waals surface area (Å²) in [5.74, 6) is 1.67. The molecule has 9 aromatic rings. The number of hydrogen-bond acceptors (Lipinski definition) is 4. The van der Waals surface area contributed by atoms with Crippen LogP contribution < -0.4 is 0 Å². The molecule has 0 saturated heterocycles. The first-order valence-corrected chi connectivity index (χ1v) is 14.3. The summed E-state index contributed by atoms with van der Waals surface area (Å²) in [4.78, 5) is 14.8. The van der Waals surface area contributed by atoms with Gasteiger partial charge < -0.3 is 8.98 Å². The van der Waals surface area contributed by atoms with Crippen LogP contribution in [0.4, 0.5) is 0 Å². The van der Waals surface area contributed by atoms with E-state index in [-0.39, 0.29) is 24.2 Å². The summed E-state index contributed by atoms with van der Waals surface area (Å²) in [5, 5.41) is 3.06. The zero-order chi connectivity index (χ0) is 32.5. The van der Waals surface area contributed by atoms with Crippen molar-refractivity contribution in [2.45, 2.75) is 0 Å². The van der Waals surface area contributed by atoms with E-state index in [9.17, 15) is 0 Å². The average Bonchev–Trinajstić information content (AvgIpc) is 3.64. The summed E-state index contributed by atoms with van der Waals surface area (Å²) in [5.41, 5.74) is 5.72. The molecule has 3 aromatic heterocycles. The minimum atomic E-state index is 0.171. The third-order valence-corrected chi connectivity index (χ3v) is 7.97. The van der Waals surface area contributed by atoms with E-state index in [0.717, 1.165) is 27.5 Å². The predicted molar refractivity (Wildman–Crippen MR) is 178 cm³/mol. The lowest BCUT2D eigenvalue weighted by Gasteiger charge is -2.09. The predicted octanol–water partition coefficient (Wildman–Crippen LogP) is 9.87. The van der Waals surface area contributed by atoms with Crippen LogP contribution in [0, 0.1) is 0 Å². The molecule has 0 fully saturated rings. The van der Waals surface area contributed by atoms with E-state index < -0.39 is 0 Å². The van der Waals surface area contributed by atoms with E-state index in [2.05, 4.69) is 0 Å². The molecule has 9 rings (SSSR count). The number of furan rings is 1. The topological polar surface area (TPSA) is 56.7 Å². The zero-order valence-electron chi connectivity index (χ0n) is 27.2. The summed E-state index contributed by atoms with van der Waals surface area (Å²) < 4.78 is 42.4. The van der Waals surface area contributed by atoms with Crippen LogP contribution >= 0.6 is 0 Å². The molecule has 0 radical (unpaired) electrons. The van der Waals surface area contributed by atoms with Crippen LogP contribution in [0.25, 0.3) is 83.6 Å². The molecule has 44 heavy (non-hydrogen) atoms. The lowest BCUT2D eigenvalue weighted by Crippen LogP contribution is -2.00. The Labute approximate surface area is 258 Å². The second-order valence-corrected chi connectivity index (χ2v) is 10.6. The van der Waals surface area contributed by atoms with Gasteiger partial charge in [-0.3, -0.25) is 0 Å². The number of aromatic nitrogens is 4. The van der Waals surface area contributed by atoms with Crippen molar-refractivity contribution in [2.75, 3.05) is 0 Å². The molecule has 3 heterocycles. The first-order valence-electron chi connectivity index (χ1n) is 16.3. The number of fused-ring (bicyclic) bond motifs is 6. The van der Waals surface area contributed by atoms with Crippen LogP contribution in [-0.4, -0.2) is 19.5 Å². The summed E-state index contributed by atoms with van der Waals surface area (Å²) in [6, 6.07) is 38.5. The van der Waals surface area contributed by atoms with Gasteiger partial charge in [-0.25, -0.2) is 15.0 Å². The van der Waals surface area contributed by atoms with Crippen molar-refractivity contribution in [2.24, 2.45) is 0 Å². The largest absolute Gasteiger partial charge is 0.456 e. The van der Waals surface area contributed by atoms with Gasteiger partial charge in [0.15, 0.2) is 17.5 Å². The highest BCUT2D eigenvalue weighted by Crippen LogP contribution is 2.39. The van der Waals surface area contributed by atoms with Gasteiger partial charge in [-0.1, -0.05) is 109 Å². The number of hydrogen-bond donors (Lipinski definition) is 0. The fraction of sp³-hybridized carbons (Fsp3) is 0. The van der Waals surface area contributed by atoms with E-state index in [4.69, 9.17) is 24.9 Å². The van der Waals surface area contributed by atoms with Gasteiger partial charge in [-0.15, -0.1) is 0 Å². The van der Waals surface area contributed by atoms with Crippen LogP contribution in [0.15, 0.2) is 150 Å². The molecule has 0 aliphatic rings. The van der Waals surface area contributed by atoms with Crippen molar-refractivity contribution >= 4 is 43.7 Å². The van der Waals surface area contributed by atoms with E-state index in [1.165, 1.54) is 12.1 Å². The minimum Gasteiger partial charge on any atom is -0.456 e. The first kappa shape index (κ1) is 20.8. The van der Waals surface area contributed by atoms with E-state index in [0.29, 0.717) is 56.1 Å². The van der Waals surface area contributed by atoms with Gasteiger partial charge in [0, 0.05) is 50.0 Å². The Morgan fingerprint density at radius 1 is 0.523 bits per heavy atom. The van der Waals surface area contributed by atoms with Crippen molar-refractivity contribution in [1.82, 2.24) is 19.5 Å². The van der Waals surface area contributed by atoms with Crippen LogP contribution in [0.3, 0.4) is 0 Å². The SMILES string of the molecule is [2H]c1cc([2H])c2c(c1)c1cc([2H])cc([2H])c1n2-c1ccc2c(c1)oc1cccc(-c3nc(-c4ccccc4)nc(-c4ccccc4)n3)c12. The lowest BCUT2D eigenvalue weighted by molar-refractivity contribution is 0.668. The lowest BCUT2D eigenvalue weighted by atomic mass is 10.0. The minimum absolute atomic E-state index is 0.171. The molecular weight excluding hydrogens is 540 g/mol. The van der Waals surface area contributed by atoms with Gasteiger partial charge in [-0.2, -0.15) is 0 Å². The van der Waals surface area contributed by atoms with Gasteiger partial charge in [0.1, 0.15) is 11.2 Å². The molecular formula is C39H24N4O. The molecule has 5 heteroatoms. The van der Waals surface area contributed by atoms with E-state index in [1.54, 1.807) is 12.1 Å². The van der Waals surface area contributed by atoms with Crippen LogP contribution in [0.2, 0.25) is 0 Å². The number of nitrogens with zero attached hydrogens (tertiary/aromatic N) is 4. The van der Waals surface area contributed by atoms with Crippen molar-refractivity contribution in [3.8, 4) is 39.9 Å². The maximum absolute atomic E-state index is 8.79. The molecule has 0 aliphatic heterocycles. The molecule has 0 saturated carbocycles. The highest BCUT2D eigenvalue weighted by atomic mass is 16.3. The van der Waals surface area contributed by atoms with E-state index >= 15 is 0 Å². The fourth-order valence-electron chi connectivity index (χ4n) is 5.98. The molecule has 0 spiro atoms. The smallest absolute Gasteiger partial charge is 0.164 e. The van der Waals surface area contributed by atoms with Crippen LogP contribution in [0.5, 0.6) is 0 Å². The fourth-order valence-corrected chi connectivity index (χ4v) is 5.98. The van der Waals surface area contributed by atoms with Crippen LogP contribution in [-0.2, 0) is 0 Å². The summed E-state index contributed by atoms with van der Waals surface area (Å²) >= 11 is 0. The molecule has 206 valence electrons. The third kappa shape index (κ3) is 3.83. The third-order valence-electron chi connectivity index (χ3n) is 7.97. The summed E-state index contributed by atoms with van der Waals surface area (Å²) in [7, 11) is 0. The van der Waals surface area contributed by atoms with E-state index in [1.807, 2.05) is 102 Å². The summed E-state index contributed by atoms with van der Waals surface area (Å²) in [6.45, 7) is 0. The molecule has 0 amide bonds. The second-order valence-electron chi connectivity index (χ2n) is 10.6. The Balaban J connectivity index is 1.28. The van der Waals surface area contributed by atoms with Crippen molar-refractivity contribution in [3.63, 3.8) is 0 Å². The Kier molecular flexibility index (Phi) is 4.60. The monoisotopic (exact) mass is 568 g/mol. The van der Waals surface area contributed by atoms with Crippen molar-refractivity contribution in [3.05, 3.63) is 145 Å². The van der Waals surface area contributed by atoms with Gasteiger partial charge in [0.2, 0.25) is 0 Å². The van der Waals surface area contributed by atoms with Crippen molar-refractivity contribution < 1.29 is 9.90 Å². The molecule has 0 aliphatic carbocycles. The number of para-hydroxylation sites is 2. The molecule has 6 aromatic carbocycles. The zero-order valence-corrected chi connectivity index (χ0v) is 23.2. The molecule has 0 N–H and O–H groups in total. The highest BCUT2D eigenvalue weighted by Gasteiger charge is 2.19. The highest BCUT2D eigenvalue weighted by molar-refractivity contribution is 6.13. The molecule has 0 bridgehead atoms. The number of rotatable bonds is 4. The Bertz CT molecular complexity index is 2600. The van der Waals surface area contributed by atoms with Crippen LogP contribution in [0.1, 0.15) is 5.48 Å². The Morgan fingerprint density at radius 2 is 1.14 bits per heavy atom. The summed E-state index contributed by atoms with van der Waals surface area (Å²) in [6.07, 6.45) is 0. The first-order chi connectivity index (χ1) is 23.4. The molecule has 0 atom stereocenters. The Hall–Kier alpha value is -6.07. The molecule has 0 unspecified atom stereocenters.